The van der Waals surface area contributed by atoms with Crippen molar-refractivity contribution in [2.45, 2.75) is 104 Å². The fourth-order valence-corrected chi connectivity index (χ4v) is 5.42. The highest BCUT2D eigenvalue weighted by Crippen LogP contribution is 2.42. The normalized spacial score (nSPS) is 29.6. The molecular weight excluding hydrogens is 316 g/mol. The minimum absolute atomic E-state index is 0.918. The lowest BCUT2D eigenvalue weighted by atomic mass is 9.68. The zero-order chi connectivity index (χ0) is 18.2. The van der Waals surface area contributed by atoms with Crippen LogP contribution in [0.25, 0.3) is 0 Å². The summed E-state index contributed by atoms with van der Waals surface area (Å²) in [6.45, 7) is 4.49. The van der Waals surface area contributed by atoms with Crippen LogP contribution in [-0.2, 0) is 12.8 Å². The van der Waals surface area contributed by atoms with Crippen molar-refractivity contribution in [1.29, 1.82) is 0 Å². The van der Waals surface area contributed by atoms with Gasteiger partial charge in [-0.05, 0) is 67.8 Å². The number of aryl methyl sites for hydroxylation is 2. The van der Waals surface area contributed by atoms with Crippen LogP contribution in [0.1, 0.15) is 102 Å². The van der Waals surface area contributed by atoms with Gasteiger partial charge in [-0.1, -0.05) is 58.8 Å². The quantitative estimate of drug-likeness (QED) is 0.513. The number of aromatic nitrogens is 2. The Bertz CT molecular complexity index is 493. The molecular formula is C24H40N2. The Morgan fingerprint density at radius 3 is 1.81 bits per heavy atom. The second-order valence-electron chi connectivity index (χ2n) is 9.10. The van der Waals surface area contributed by atoms with Crippen molar-refractivity contribution in [3.8, 4) is 0 Å². The van der Waals surface area contributed by atoms with Crippen LogP contribution in [0.15, 0.2) is 12.4 Å². The fourth-order valence-electron chi connectivity index (χ4n) is 5.42. The molecule has 146 valence electrons. The molecule has 0 bridgehead atoms. The van der Waals surface area contributed by atoms with Crippen LogP contribution in [-0.4, -0.2) is 9.97 Å². The lowest BCUT2D eigenvalue weighted by Gasteiger charge is -2.38. The second-order valence-corrected chi connectivity index (χ2v) is 9.10. The van der Waals surface area contributed by atoms with Crippen LogP contribution in [0.4, 0.5) is 0 Å². The number of unbranched alkanes of at least 4 members (excludes halogenated alkanes) is 1. The maximum absolute atomic E-state index is 4.54. The Hall–Kier alpha value is -0.920. The van der Waals surface area contributed by atoms with Crippen molar-refractivity contribution in [3.05, 3.63) is 23.8 Å². The summed E-state index contributed by atoms with van der Waals surface area (Å²) in [6.07, 6.45) is 23.7. The van der Waals surface area contributed by atoms with E-state index in [4.69, 9.17) is 0 Å². The molecule has 2 aliphatic carbocycles. The van der Waals surface area contributed by atoms with Gasteiger partial charge in [-0.3, -0.25) is 0 Å². The van der Waals surface area contributed by atoms with Gasteiger partial charge in [0.15, 0.2) is 0 Å². The first-order chi connectivity index (χ1) is 12.8. The van der Waals surface area contributed by atoms with Crippen LogP contribution < -0.4 is 0 Å². The van der Waals surface area contributed by atoms with Crippen molar-refractivity contribution < 1.29 is 0 Å². The van der Waals surface area contributed by atoms with Gasteiger partial charge in [0.2, 0.25) is 0 Å². The molecule has 0 amide bonds. The highest BCUT2D eigenvalue weighted by molar-refractivity contribution is 5.04. The van der Waals surface area contributed by atoms with Crippen molar-refractivity contribution in [3.63, 3.8) is 0 Å². The molecule has 1 aromatic heterocycles. The second kappa shape index (κ2) is 10.4. The molecule has 2 heteroatoms. The van der Waals surface area contributed by atoms with Gasteiger partial charge in [-0.2, -0.15) is 0 Å². The average molecular weight is 357 g/mol. The lowest BCUT2D eigenvalue weighted by Crippen LogP contribution is -2.26. The average Bonchev–Trinajstić information content (AvgIpc) is 2.72. The van der Waals surface area contributed by atoms with Crippen LogP contribution in [0.5, 0.6) is 0 Å². The summed E-state index contributed by atoms with van der Waals surface area (Å²) < 4.78 is 0. The molecule has 1 aromatic rings. The van der Waals surface area contributed by atoms with E-state index in [1.165, 1.54) is 82.6 Å². The predicted octanol–water partition coefficient (Wildman–Crippen LogP) is 6.77. The summed E-state index contributed by atoms with van der Waals surface area (Å²) in [4.78, 5) is 9.08. The minimum atomic E-state index is 0.918. The molecule has 0 aliphatic heterocycles. The summed E-state index contributed by atoms with van der Waals surface area (Å²) in [5, 5.41) is 0. The van der Waals surface area contributed by atoms with Crippen LogP contribution >= 0.6 is 0 Å². The summed E-state index contributed by atoms with van der Waals surface area (Å²) in [5.74, 6) is 5.12. The highest BCUT2D eigenvalue weighted by atomic mass is 14.9. The molecule has 1 heterocycles. The Morgan fingerprint density at radius 2 is 1.31 bits per heavy atom. The van der Waals surface area contributed by atoms with Gasteiger partial charge >= 0.3 is 0 Å². The van der Waals surface area contributed by atoms with E-state index < -0.39 is 0 Å². The molecule has 0 N–H and O–H groups in total. The summed E-state index contributed by atoms with van der Waals surface area (Å²) in [7, 11) is 0. The van der Waals surface area contributed by atoms with E-state index in [0.29, 0.717) is 0 Å². The van der Waals surface area contributed by atoms with E-state index in [1.54, 1.807) is 0 Å². The predicted molar refractivity (Wildman–Crippen MR) is 110 cm³/mol. The van der Waals surface area contributed by atoms with Gasteiger partial charge < -0.3 is 0 Å². The molecule has 0 atom stereocenters. The molecule has 0 aromatic carbocycles. The number of hydrogen-bond donors (Lipinski definition) is 0. The van der Waals surface area contributed by atoms with Crippen molar-refractivity contribution >= 4 is 0 Å². The zero-order valence-electron chi connectivity index (χ0n) is 17.3. The van der Waals surface area contributed by atoms with Crippen LogP contribution in [0.2, 0.25) is 0 Å². The first kappa shape index (κ1) is 19.8. The monoisotopic (exact) mass is 356 g/mol. The minimum Gasteiger partial charge on any atom is -0.241 e. The largest absolute Gasteiger partial charge is 0.241 e. The molecule has 0 radical (unpaired) electrons. The smallest absolute Gasteiger partial charge is 0.128 e. The van der Waals surface area contributed by atoms with Gasteiger partial charge in [0.1, 0.15) is 5.82 Å². The van der Waals surface area contributed by atoms with Crippen LogP contribution in [0, 0.1) is 23.7 Å². The van der Waals surface area contributed by atoms with Gasteiger partial charge in [0.25, 0.3) is 0 Å². The van der Waals surface area contributed by atoms with E-state index >= 15 is 0 Å². The van der Waals surface area contributed by atoms with E-state index in [2.05, 4.69) is 23.8 Å². The van der Waals surface area contributed by atoms with Crippen LogP contribution in [0.3, 0.4) is 0 Å². The molecule has 0 spiro atoms. The van der Waals surface area contributed by atoms with E-state index in [-0.39, 0.29) is 0 Å². The molecule has 2 fully saturated rings. The Kier molecular flexibility index (Phi) is 7.95. The molecule has 2 aliphatic rings. The van der Waals surface area contributed by atoms with Crippen molar-refractivity contribution in [2.75, 3.05) is 0 Å². The first-order valence-corrected chi connectivity index (χ1v) is 11.6. The topological polar surface area (TPSA) is 25.8 Å². The number of nitrogens with zero attached hydrogens (tertiary/aromatic N) is 2. The van der Waals surface area contributed by atoms with E-state index in [1.807, 2.05) is 12.4 Å². The fraction of sp³-hybridized carbons (Fsp3) is 0.833. The van der Waals surface area contributed by atoms with E-state index in [0.717, 1.165) is 42.3 Å². The maximum atomic E-state index is 4.54. The first-order valence-electron chi connectivity index (χ1n) is 11.6. The van der Waals surface area contributed by atoms with Crippen molar-refractivity contribution in [1.82, 2.24) is 9.97 Å². The van der Waals surface area contributed by atoms with E-state index in [9.17, 15) is 0 Å². The number of rotatable bonds is 8. The zero-order valence-corrected chi connectivity index (χ0v) is 17.3. The molecule has 26 heavy (non-hydrogen) atoms. The van der Waals surface area contributed by atoms with Gasteiger partial charge in [-0.15, -0.1) is 0 Å². The summed E-state index contributed by atoms with van der Waals surface area (Å²) in [6, 6.07) is 0. The maximum Gasteiger partial charge on any atom is 0.128 e. The Labute approximate surface area is 161 Å². The van der Waals surface area contributed by atoms with Gasteiger partial charge in [0, 0.05) is 18.8 Å². The molecule has 3 rings (SSSR count). The lowest BCUT2D eigenvalue weighted by molar-refractivity contribution is 0.140. The Morgan fingerprint density at radius 1 is 0.769 bits per heavy atom. The van der Waals surface area contributed by atoms with Crippen molar-refractivity contribution in [2.24, 2.45) is 23.7 Å². The Balaban J connectivity index is 1.34. The summed E-state index contributed by atoms with van der Waals surface area (Å²) in [5.41, 5.74) is 1.25. The number of hydrogen-bond acceptors (Lipinski definition) is 2. The molecule has 2 nitrogen and oxygen atoms in total. The highest BCUT2D eigenvalue weighted by Gasteiger charge is 2.30. The SMILES string of the molecule is CCCCC1CCC(C2CCC(CCc3ncc(CC)cn3)CC2)CC1. The van der Waals surface area contributed by atoms with Gasteiger partial charge in [0.05, 0.1) is 0 Å². The standard InChI is InChI=1S/C24H40N2/c1-3-5-6-20-7-12-22(13-8-20)23-14-9-21(10-15-23)11-16-24-25-17-19(4-2)18-26-24/h17-18,20-23H,3-16H2,1-2H3. The third-order valence-electron chi connectivity index (χ3n) is 7.36. The third kappa shape index (κ3) is 5.79. The molecule has 0 saturated heterocycles. The molecule has 2 saturated carbocycles. The van der Waals surface area contributed by atoms with Gasteiger partial charge in [-0.25, -0.2) is 9.97 Å². The summed E-state index contributed by atoms with van der Waals surface area (Å²) >= 11 is 0. The third-order valence-corrected chi connectivity index (χ3v) is 7.36. The molecule has 0 unspecified atom stereocenters.